The molecule has 0 aromatic carbocycles. The van der Waals surface area contributed by atoms with E-state index in [-0.39, 0.29) is 25.7 Å². The highest BCUT2D eigenvalue weighted by Crippen LogP contribution is 2.44. The summed E-state index contributed by atoms with van der Waals surface area (Å²) in [6.45, 7) is 3.95. The van der Waals surface area contributed by atoms with Crippen LogP contribution in [0.1, 0.15) is 59.3 Å². The van der Waals surface area contributed by atoms with E-state index >= 15 is 0 Å². The molecule has 1 rings (SSSR count). The highest BCUT2D eigenvalue weighted by atomic mass is 16.9. The molecule has 1 aliphatic heterocycles. The number of carbonyl (C=O) groups is 3. The monoisotopic (exact) mass is 408 g/mol. The van der Waals surface area contributed by atoms with Crippen LogP contribution in [0.3, 0.4) is 0 Å². The van der Waals surface area contributed by atoms with Crippen LogP contribution in [-0.4, -0.2) is 68.6 Å². The summed E-state index contributed by atoms with van der Waals surface area (Å²) in [6.07, 6.45) is -1.97. The average molecular weight is 408 g/mol. The van der Waals surface area contributed by atoms with Crippen molar-refractivity contribution in [3.8, 4) is 0 Å². The minimum Gasteiger partial charge on any atom is -0.422 e. The number of carbonyl (C=O) groups excluding carboxylic acids is 3. The second kappa shape index (κ2) is 9.61. The van der Waals surface area contributed by atoms with Gasteiger partial charge in [-0.15, -0.1) is 0 Å². The van der Waals surface area contributed by atoms with E-state index in [1.807, 2.05) is 0 Å². The van der Waals surface area contributed by atoms with Gasteiger partial charge in [0.25, 0.3) is 0 Å². The van der Waals surface area contributed by atoms with E-state index in [0.29, 0.717) is 12.8 Å². The Morgan fingerprint density at radius 2 is 1.29 bits per heavy atom. The van der Waals surface area contributed by atoms with Crippen molar-refractivity contribution in [2.24, 2.45) is 0 Å². The van der Waals surface area contributed by atoms with Crippen LogP contribution in [0.25, 0.3) is 0 Å². The standard InChI is InChI=1S/C17H28O11/c1-4-7-12(19)26-15(22)11(18)10-25-17(24,28-14(21)9-6-3)16(15,23)27-13(20)8-5-2/h11,18,22-24H,4-10H2,1-3H3/t11-,15+,16-,17?/m1/s1. The van der Waals surface area contributed by atoms with E-state index in [2.05, 4.69) is 0 Å². The van der Waals surface area contributed by atoms with E-state index in [9.17, 15) is 34.8 Å². The Morgan fingerprint density at radius 1 is 0.857 bits per heavy atom. The fourth-order valence-electron chi connectivity index (χ4n) is 2.49. The van der Waals surface area contributed by atoms with Gasteiger partial charge in [0, 0.05) is 19.3 Å². The fraction of sp³-hybridized carbons (Fsp3) is 0.824. The molecule has 0 spiro atoms. The maximum atomic E-state index is 12.0. The lowest BCUT2D eigenvalue weighted by Gasteiger charge is -2.51. The van der Waals surface area contributed by atoms with E-state index in [1.165, 1.54) is 0 Å². The number of aliphatic hydroxyl groups excluding tert-OH is 1. The molecule has 28 heavy (non-hydrogen) atoms. The van der Waals surface area contributed by atoms with Gasteiger partial charge in [-0.05, 0) is 19.3 Å². The van der Waals surface area contributed by atoms with Crippen LogP contribution >= 0.6 is 0 Å². The van der Waals surface area contributed by atoms with Crippen molar-refractivity contribution in [2.75, 3.05) is 6.61 Å². The average Bonchev–Trinajstić information content (AvgIpc) is 2.58. The molecule has 1 aliphatic rings. The molecule has 11 nitrogen and oxygen atoms in total. The molecule has 0 bridgehead atoms. The lowest BCUT2D eigenvalue weighted by atomic mass is 9.93. The topological polar surface area (TPSA) is 169 Å². The van der Waals surface area contributed by atoms with Crippen LogP contribution in [0.4, 0.5) is 0 Å². The van der Waals surface area contributed by atoms with Gasteiger partial charge in [0.2, 0.25) is 0 Å². The molecule has 0 aliphatic carbocycles. The van der Waals surface area contributed by atoms with Crippen LogP contribution in [0.15, 0.2) is 0 Å². The van der Waals surface area contributed by atoms with E-state index in [0.717, 1.165) is 0 Å². The molecule has 1 fully saturated rings. The first-order valence-corrected chi connectivity index (χ1v) is 9.14. The number of ether oxygens (including phenoxy) is 4. The van der Waals surface area contributed by atoms with Gasteiger partial charge in [0.05, 0.1) is 6.61 Å². The third-order valence-corrected chi connectivity index (χ3v) is 3.95. The van der Waals surface area contributed by atoms with Crippen molar-refractivity contribution >= 4 is 17.9 Å². The molecule has 11 heteroatoms. The lowest BCUT2D eigenvalue weighted by Crippen LogP contribution is -2.80. The van der Waals surface area contributed by atoms with E-state index in [4.69, 9.17) is 18.9 Å². The van der Waals surface area contributed by atoms with Crippen molar-refractivity contribution in [3.63, 3.8) is 0 Å². The molecule has 1 heterocycles. The zero-order chi connectivity index (χ0) is 21.6. The first kappa shape index (κ1) is 24.2. The highest BCUT2D eigenvalue weighted by molar-refractivity contribution is 5.72. The summed E-state index contributed by atoms with van der Waals surface area (Å²) < 4.78 is 19.0. The molecule has 0 aromatic rings. The summed E-state index contributed by atoms with van der Waals surface area (Å²) in [4.78, 5) is 35.8. The van der Waals surface area contributed by atoms with Gasteiger partial charge < -0.3 is 39.4 Å². The van der Waals surface area contributed by atoms with Crippen LogP contribution < -0.4 is 0 Å². The van der Waals surface area contributed by atoms with Crippen LogP contribution in [0, 0.1) is 0 Å². The summed E-state index contributed by atoms with van der Waals surface area (Å²) in [6, 6.07) is 0. The predicted octanol–water partition coefficient (Wildman–Crippen LogP) is -0.569. The van der Waals surface area contributed by atoms with Gasteiger partial charge in [0.1, 0.15) is 6.10 Å². The van der Waals surface area contributed by atoms with E-state index < -0.39 is 48.2 Å². The van der Waals surface area contributed by atoms with Crippen molar-refractivity contribution in [1.82, 2.24) is 0 Å². The normalized spacial score (nSPS) is 32.5. The van der Waals surface area contributed by atoms with E-state index in [1.54, 1.807) is 20.8 Å². The van der Waals surface area contributed by atoms with Crippen LogP contribution in [0.5, 0.6) is 0 Å². The second-order valence-corrected chi connectivity index (χ2v) is 6.42. The molecule has 0 aromatic heterocycles. The molecular formula is C17H28O11. The van der Waals surface area contributed by atoms with Crippen molar-refractivity contribution in [1.29, 1.82) is 0 Å². The number of rotatable bonds is 9. The van der Waals surface area contributed by atoms with Gasteiger partial charge >= 0.3 is 35.5 Å². The molecule has 162 valence electrons. The Kier molecular flexibility index (Phi) is 8.32. The summed E-state index contributed by atoms with van der Waals surface area (Å²) in [7, 11) is 0. The van der Waals surface area contributed by atoms with Gasteiger partial charge in [-0.25, -0.2) is 0 Å². The Bertz CT molecular complexity index is 579. The Balaban J connectivity index is 3.40. The lowest BCUT2D eigenvalue weighted by molar-refractivity contribution is -0.545. The van der Waals surface area contributed by atoms with Crippen LogP contribution in [-0.2, 0) is 33.3 Å². The maximum Gasteiger partial charge on any atom is 0.404 e. The number of aliphatic hydroxyl groups is 4. The molecular weight excluding hydrogens is 380 g/mol. The summed E-state index contributed by atoms with van der Waals surface area (Å²) in [5, 5.41) is 42.5. The quantitative estimate of drug-likeness (QED) is 0.219. The summed E-state index contributed by atoms with van der Waals surface area (Å²) in [5.41, 5.74) is 0. The highest BCUT2D eigenvalue weighted by Gasteiger charge is 2.78. The minimum atomic E-state index is -3.66. The summed E-state index contributed by atoms with van der Waals surface area (Å²) >= 11 is 0. The zero-order valence-electron chi connectivity index (χ0n) is 16.2. The predicted molar refractivity (Wildman–Crippen MR) is 89.8 cm³/mol. The second-order valence-electron chi connectivity index (χ2n) is 6.42. The molecule has 4 N–H and O–H groups in total. The van der Waals surface area contributed by atoms with Crippen molar-refractivity contribution < 1.29 is 53.8 Å². The van der Waals surface area contributed by atoms with Crippen molar-refractivity contribution in [3.05, 3.63) is 0 Å². The first-order chi connectivity index (χ1) is 13.0. The molecule has 0 radical (unpaired) electrons. The Morgan fingerprint density at radius 3 is 1.75 bits per heavy atom. The van der Waals surface area contributed by atoms with Gasteiger partial charge in [-0.1, -0.05) is 20.8 Å². The Labute approximate surface area is 162 Å². The third kappa shape index (κ3) is 4.78. The zero-order valence-corrected chi connectivity index (χ0v) is 16.2. The van der Waals surface area contributed by atoms with Gasteiger partial charge in [0.15, 0.2) is 0 Å². The largest absolute Gasteiger partial charge is 0.422 e. The smallest absolute Gasteiger partial charge is 0.404 e. The molecule has 0 saturated carbocycles. The molecule has 1 unspecified atom stereocenters. The van der Waals surface area contributed by atoms with Gasteiger partial charge in [-0.3, -0.25) is 14.4 Å². The summed E-state index contributed by atoms with van der Waals surface area (Å²) in [5.74, 6) is -13.7. The first-order valence-electron chi connectivity index (χ1n) is 9.14. The van der Waals surface area contributed by atoms with Gasteiger partial charge in [-0.2, -0.15) is 0 Å². The Hall–Kier alpha value is -1.79. The maximum absolute atomic E-state index is 12.0. The number of hydrogen-bond donors (Lipinski definition) is 4. The third-order valence-electron chi connectivity index (χ3n) is 3.95. The van der Waals surface area contributed by atoms with Crippen molar-refractivity contribution in [2.45, 2.75) is 82.9 Å². The molecule has 1 saturated heterocycles. The minimum absolute atomic E-state index is 0.207. The number of esters is 3. The molecule has 4 atom stereocenters. The van der Waals surface area contributed by atoms with Crippen LogP contribution in [0.2, 0.25) is 0 Å². The number of hydrogen-bond acceptors (Lipinski definition) is 11. The molecule has 0 amide bonds. The fourth-order valence-corrected chi connectivity index (χ4v) is 2.49. The SMILES string of the molecule is CCCC(=O)OC1(O)OC[C@@H](O)[C@](O)(OC(=O)CCC)[C@@]1(O)OC(=O)CCC.